The van der Waals surface area contributed by atoms with Gasteiger partial charge in [-0.15, -0.1) is 0 Å². The summed E-state index contributed by atoms with van der Waals surface area (Å²) in [6, 6.07) is 7.67. The molecule has 7 rings (SSSR count). The van der Waals surface area contributed by atoms with Crippen LogP contribution < -0.4 is 5.32 Å². The molecule has 0 amide bonds. The van der Waals surface area contributed by atoms with Crippen LogP contribution in [0.1, 0.15) is 129 Å². The number of hydrogen-bond donors (Lipinski definition) is 2. The Kier molecular flexibility index (Phi) is 10.1. The lowest BCUT2D eigenvalue weighted by molar-refractivity contribution is -0.219. The molecular weight excluding hydrogens is 647 g/mol. The number of carboxylic acids is 1. The number of piperazine rings is 1. The molecule has 6 aliphatic rings. The molecule has 0 bridgehead atoms. The molecule has 1 heterocycles. The summed E-state index contributed by atoms with van der Waals surface area (Å²) in [7, 11) is 0. The fourth-order valence-corrected chi connectivity index (χ4v) is 15.1. The second-order valence-corrected chi connectivity index (χ2v) is 21.3. The van der Waals surface area contributed by atoms with Gasteiger partial charge in [-0.2, -0.15) is 0 Å². The predicted octanol–water partition coefficient (Wildman–Crippen LogP) is 10.1. The van der Waals surface area contributed by atoms with Crippen molar-refractivity contribution in [2.24, 2.45) is 51.2 Å². The van der Waals surface area contributed by atoms with Crippen LogP contribution in [-0.4, -0.2) is 70.3 Å². The highest BCUT2D eigenvalue weighted by atomic mass is 32.2. The third-order valence-electron chi connectivity index (χ3n) is 16.7. The molecule has 1 aromatic carbocycles. The third-order valence-corrected chi connectivity index (χ3v) is 17.8. The van der Waals surface area contributed by atoms with Crippen LogP contribution in [0.25, 0.3) is 5.57 Å². The van der Waals surface area contributed by atoms with E-state index in [1.54, 1.807) is 12.1 Å². The number of rotatable bonds is 9. The summed E-state index contributed by atoms with van der Waals surface area (Å²) in [6.45, 7) is 31.8. The van der Waals surface area contributed by atoms with Crippen LogP contribution in [0.4, 0.5) is 0 Å². The molecule has 1 aliphatic heterocycles. The fourth-order valence-electron chi connectivity index (χ4n) is 14.2. The summed E-state index contributed by atoms with van der Waals surface area (Å²) in [5, 5.41) is 14.5. The van der Waals surface area contributed by atoms with E-state index in [-0.39, 0.29) is 16.4 Å². The maximum Gasteiger partial charge on any atom is 0.335 e. The normalized spacial score (nSPS) is 40.9. The van der Waals surface area contributed by atoms with E-state index >= 15 is 0 Å². The lowest BCUT2D eigenvalue weighted by Gasteiger charge is -2.72. The van der Waals surface area contributed by atoms with Gasteiger partial charge in [-0.25, -0.2) is 9.10 Å². The molecule has 5 fully saturated rings. The van der Waals surface area contributed by atoms with Crippen LogP contribution in [0, 0.1) is 51.2 Å². The Labute approximate surface area is 315 Å². The second-order valence-electron chi connectivity index (χ2n) is 19.6. The Balaban J connectivity index is 1.11. The minimum absolute atomic E-state index is 0.0405. The molecule has 6 heteroatoms. The number of carbonyl (C=O) groups is 1. The zero-order chi connectivity index (χ0) is 36.6. The maximum atomic E-state index is 11.6. The number of fused-ring (bicyclic) bond motifs is 7. The third kappa shape index (κ3) is 6.13. The minimum Gasteiger partial charge on any atom is -0.478 e. The molecule has 1 aromatic rings. The molecule has 282 valence electrons. The van der Waals surface area contributed by atoms with Gasteiger partial charge in [0.05, 0.1) is 5.56 Å². The van der Waals surface area contributed by atoms with E-state index < -0.39 is 5.97 Å². The molecule has 9 unspecified atom stereocenters. The van der Waals surface area contributed by atoms with Gasteiger partial charge in [0.2, 0.25) is 0 Å². The van der Waals surface area contributed by atoms with E-state index in [1.165, 1.54) is 101 Å². The number of aromatic carboxylic acids is 1. The van der Waals surface area contributed by atoms with Crippen molar-refractivity contribution in [3.05, 3.63) is 53.6 Å². The molecule has 0 aromatic heterocycles. The monoisotopic (exact) mass is 716 g/mol. The number of benzene rings is 1. The van der Waals surface area contributed by atoms with Gasteiger partial charge >= 0.3 is 5.97 Å². The first-order chi connectivity index (χ1) is 24.1. The number of nitrogens with zero attached hydrogens (tertiary/aromatic N) is 2. The lowest BCUT2D eigenvalue weighted by Crippen LogP contribution is -2.68. The highest BCUT2D eigenvalue weighted by Crippen LogP contribution is 2.76. The number of allylic oxidation sites excluding steroid dienone is 3. The highest BCUT2D eigenvalue weighted by molar-refractivity contribution is 7.97. The van der Waals surface area contributed by atoms with E-state index in [0.29, 0.717) is 45.3 Å². The molecule has 0 radical (unpaired) electrons. The van der Waals surface area contributed by atoms with Gasteiger partial charge in [0.1, 0.15) is 0 Å². The first kappa shape index (κ1) is 37.7. The first-order valence-electron chi connectivity index (χ1n) is 20.6. The van der Waals surface area contributed by atoms with Crippen molar-refractivity contribution in [1.82, 2.24) is 14.5 Å². The molecule has 0 spiro atoms. The lowest BCUT2D eigenvalue weighted by atomic mass is 9.33. The summed E-state index contributed by atoms with van der Waals surface area (Å²) in [5.41, 5.74) is 5.65. The van der Waals surface area contributed by atoms with Crippen molar-refractivity contribution in [1.29, 1.82) is 0 Å². The second kappa shape index (κ2) is 13.6. The standard InChI is InChI=1S/C45H69N3O2S/c1-30(2)34-16-21-45(46-24-25-47-26-28-48(29-27-47)51-31(3)4)23-22-43(8)36(39(34)45)14-15-38-42(7)19-17-35(32-10-12-33(13-11-32)40(49)50)41(5,6)37(42)18-20-44(38,43)9/h10-13,17,31,34,36-39,46H,1,14-16,18-29H2,2-9H3,(H,49,50). The Morgan fingerprint density at radius 3 is 2.27 bits per heavy atom. The van der Waals surface area contributed by atoms with Crippen LogP contribution in [0.3, 0.4) is 0 Å². The first-order valence-corrected chi connectivity index (χ1v) is 21.5. The smallest absolute Gasteiger partial charge is 0.335 e. The molecule has 1 saturated heterocycles. The Morgan fingerprint density at radius 2 is 1.63 bits per heavy atom. The average molecular weight is 716 g/mol. The molecular formula is C45H69N3O2S. The quantitative estimate of drug-likeness (QED) is 0.196. The van der Waals surface area contributed by atoms with E-state index in [2.05, 4.69) is 82.6 Å². The molecule has 5 nitrogen and oxygen atoms in total. The molecule has 51 heavy (non-hydrogen) atoms. The van der Waals surface area contributed by atoms with Crippen LogP contribution >= 0.6 is 11.9 Å². The van der Waals surface area contributed by atoms with Crippen LogP contribution in [0.15, 0.2) is 42.5 Å². The summed E-state index contributed by atoms with van der Waals surface area (Å²) >= 11 is 2.03. The van der Waals surface area contributed by atoms with Crippen molar-refractivity contribution < 1.29 is 9.90 Å². The van der Waals surface area contributed by atoms with E-state index in [1.807, 2.05) is 24.1 Å². The fraction of sp³-hybridized carbons (Fsp3) is 0.756. The van der Waals surface area contributed by atoms with Gasteiger partial charge in [-0.3, -0.25) is 4.90 Å². The zero-order valence-electron chi connectivity index (χ0n) is 33.3. The van der Waals surface area contributed by atoms with Crippen LogP contribution in [-0.2, 0) is 0 Å². The van der Waals surface area contributed by atoms with Crippen molar-refractivity contribution >= 4 is 23.5 Å². The molecule has 9 atom stereocenters. The van der Waals surface area contributed by atoms with Gasteiger partial charge in [-0.1, -0.05) is 90.8 Å². The van der Waals surface area contributed by atoms with Crippen molar-refractivity contribution in [2.45, 2.75) is 124 Å². The maximum absolute atomic E-state index is 11.6. The predicted molar refractivity (Wildman–Crippen MR) is 215 cm³/mol. The van der Waals surface area contributed by atoms with Crippen LogP contribution in [0.5, 0.6) is 0 Å². The Morgan fingerprint density at radius 1 is 0.922 bits per heavy atom. The van der Waals surface area contributed by atoms with Gasteiger partial charge in [0.25, 0.3) is 0 Å². The van der Waals surface area contributed by atoms with E-state index in [4.69, 9.17) is 0 Å². The summed E-state index contributed by atoms with van der Waals surface area (Å²) < 4.78 is 2.58. The largest absolute Gasteiger partial charge is 0.478 e. The Hall–Kier alpha value is -1.60. The van der Waals surface area contributed by atoms with Crippen molar-refractivity contribution in [3.8, 4) is 0 Å². The number of carboxylic acid groups (broad SMARTS) is 1. The van der Waals surface area contributed by atoms with Crippen molar-refractivity contribution in [2.75, 3.05) is 39.3 Å². The molecule has 2 N–H and O–H groups in total. The summed E-state index contributed by atoms with van der Waals surface area (Å²) in [4.78, 5) is 14.3. The van der Waals surface area contributed by atoms with Gasteiger partial charge < -0.3 is 10.4 Å². The van der Waals surface area contributed by atoms with E-state index in [9.17, 15) is 9.90 Å². The zero-order valence-corrected chi connectivity index (χ0v) is 34.1. The molecule has 4 saturated carbocycles. The van der Waals surface area contributed by atoms with E-state index in [0.717, 1.165) is 18.9 Å². The Bertz CT molecular complexity index is 1510. The topological polar surface area (TPSA) is 55.8 Å². The van der Waals surface area contributed by atoms with Gasteiger partial charge in [-0.05, 0) is 139 Å². The van der Waals surface area contributed by atoms with Gasteiger partial charge in [0, 0.05) is 50.1 Å². The highest BCUT2D eigenvalue weighted by Gasteiger charge is 2.70. The van der Waals surface area contributed by atoms with Crippen molar-refractivity contribution in [3.63, 3.8) is 0 Å². The number of nitrogens with one attached hydrogen (secondary N) is 1. The summed E-state index contributed by atoms with van der Waals surface area (Å²) in [6.07, 6.45) is 14.3. The summed E-state index contributed by atoms with van der Waals surface area (Å²) in [5.74, 6) is 2.56. The SMILES string of the molecule is C=C(C)C1CCC2(NCCN3CCN(SC(C)C)CC3)CCC3(C)C(CCC4C5(C)CC=C(c6ccc(C(=O)O)cc6)C(C)(C)C5CCC43C)C12. The average Bonchev–Trinajstić information content (AvgIpc) is 3.45. The minimum atomic E-state index is -0.852. The molecule has 5 aliphatic carbocycles. The van der Waals surface area contributed by atoms with Gasteiger partial charge in [0.15, 0.2) is 0 Å². The van der Waals surface area contributed by atoms with Crippen LogP contribution in [0.2, 0.25) is 0 Å². The number of hydrogen-bond acceptors (Lipinski definition) is 5.